The number of nitrogens with zero attached hydrogens (tertiary/aromatic N) is 6. The maximum absolute atomic E-state index is 12.0. The van der Waals surface area contributed by atoms with Crippen LogP contribution in [0.3, 0.4) is 0 Å². The Morgan fingerprint density at radius 2 is 2.12 bits per heavy atom. The molecule has 2 aromatic heterocycles. The van der Waals surface area contributed by atoms with Crippen LogP contribution in [-0.4, -0.2) is 70.4 Å². The van der Waals surface area contributed by atoms with Crippen molar-refractivity contribution in [3.8, 4) is 0 Å². The van der Waals surface area contributed by atoms with Crippen molar-refractivity contribution in [2.75, 3.05) is 44.7 Å². The molecule has 0 bridgehead atoms. The van der Waals surface area contributed by atoms with Crippen molar-refractivity contribution in [1.29, 1.82) is 0 Å². The number of aryl methyl sites for hydroxylation is 1. The van der Waals surface area contributed by atoms with Gasteiger partial charge >= 0.3 is 6.03 Å². The average molecular weight is 330 g/mol. The summed E-state index contributed by atoms with van der Waals surface area (Å²) in [4.78, 5) is 22.0. The fourth-order valence-electron chi connectivity index (χ4n) is 3.24. The third-order valence-electron chi connectivity index (χ3n) is 4.77. The number of likely N-dealkylation sites (N-methyl/N-ethyl adjacent to an activating group) is 1. The van der Waals surface area contributed by atoms with Gasteiger partial charge in [0.15, 0.2) is 5.89 Å². The van der Waals surface area contributed by atoms with Crippen LogP contribution in [0.15, 0.2) is 23.0 Å². The summed E-state index contributed by atoms with van der Waals surface area (Å²) in [5.74, 6) is 1.66. The molecule has 2 saturated heterocycles. The number of oxazole rings is 1. The Morgan fingerprint density at radius 3 is 2.79 bits per heavy atom. The van der Waals surface area contributed by atoms with E-state index in [1.165, 1.54) is 0 Å². The molecule has 4 heterocycles. The van der Waals surface area contributed by atoms with Crippen molar-refractivity contribution < 1.29 is 9.21 Å². The zero-order valence-electron chi connectivity index (χ0n) is 14.1. The van der Waals surface area contributed by atoms with Gasteiger partial charge in [-0.2, -0.15) is 5.10 Å². The summed E-state index contributed by atoms with van der Waals surface area (Å²) in [6.45, 7) is 6.27. The molecule has 24 heavy (non-hydrogen) atoms. The number of hydrogen-bond donors (Lipinski definition) is 0. The molecular formula is C16H22N6O2. The van der Waals surface area contributed by atoms with Crippen molar-refractivity contribution in [2.24, 2.45) is 0 Å². The highest BCUT2D eigenvalue weighted by Gasteiger charge is 2.31. The van der Waals surface area contributed by atoms with Crippen molar-refractivity contribution >= 4 is 11.7 Å². The monoisotopic (exact) mass is 330 g/mol. The number of anilines is 1. The Morgan fingerprint density at radius 1 is 1.29 bits per heavy atom. The number of aromatic nitrogens is 3. The molecule has 8 heteroatoms. The molecule has 0 atom stereocenters. The van der Waals surface area contributed by atoms with Crippen LogP contribution in [0.4, 0.5) is 10.5 Å². The average Bonchev–Trinajstić information content (AvgIpc) is 3.21. The van der Waals surface area contributed by atoms with Crippen LogP contribution in [-0.2, 0) is 6.42 Å². The van der Waals surface area contributed by atoms with Gasteiger partial charge in [0.05, 0.1) is 24.1 Å². The zero-order valence-corrected chi connectivity index (χ0v) is 14.1. The third-order valence-corrected chi connectivity index (χ3v) is 4.77. The van der Waals surface area contributed by atoms with Gasteiger partial charge < -0.3 is 9.32 Å². The van der Waals surface area contributed by atoms with Crippen molar-refractivity contribution in [3.63, 3.8) is 0 Å². The van der Waals surface area contributed by atoms with E-state index in [0.717, 1.165) is 56.5 Å². The minimum absolute atomic E-state index is 0.0483. The van der Waals surface area contributed by atoms with Crippen LogP contribution in [0.2, 0.25) is 0 Å². The molecule has 2 amide bonds. The molecule has 0 aromatic carbocycles. The summed E-state index contributed by atoms with van der Waals surface area (Å²) in [6, 6.07) is 0.429. The summed E-state index contributed by atoms with van der Waals surface area (Å²) in [5, 5.41) is 4.45. The van der Waals surface area contributed by atoms with E-state index in [0.29, 0.717) is 6.04 Å². The van der Waals surface area contributed by atoms with E-state index < -0.39 is 0 Å². The highest BCUT2D eigenvalue weighted by atomic mass is 16.4. The first-order chi connectivity index (χ1) is 11.6. The fraction of sp³-hybridized carbons (Fsp3) is 0.562. The Bertz CT molecular complexity index is 733. The van der Waals surface area contributed by atoms with Crippen LogP contribution in [0, 0.1) is 6.92 Å². The first kappa shape index (κ1) is 15.2. The molecule has 2 aliphatic rings. The van der Waals surface area contributed by atoms with Crippen molar-refractivity contribution in [2.45, 2.75) is 19.4 Å². The highest BCUT2D eigenvalue weighted by Crippen LogP contribution is 2.25. The third kappa shape index (κ3) is 2.77. The smallest absolute Gasteiger partial charge is 0.324 e. The number of amides is 2. The topological polar surface area (TPSA) is 70.6 Å². The molecule has 0 aliphatic carbocycles. The van der Waals surface area contributed by atoms with Gasteiger partial charge in [0.25, 0.3) is 0 Å². The Kier molecular flexibility index (Phi) is 3.76. The molecule has 0 spiro atoms. The molecule has 4 rings (SSSR count). The second-order valence-electron chi connectivity index (χ2n) is 6.54. The van der Waals surface area contributed by atoms with E-state index in [-0.39, 0.29) is 6.03 Å². The summed E-state index contributed by atoms with van der Waals surface area (Å²) in [6.07, 6.45) is 6.46. The molecular weight excluding hydrogens is 308 g/mol. The lowest BCUT2D eigenvalue weighted by Gasteiger charge is -2.39. The van der Waals surface area contributed by atoms with Crippen LogP contribution >= 0.6 is 0 Å². The summed E-state index contributed by atoms with van der Waals surface area (Å²) in [5.41, 5.74) is 0.889. The quantitative estimate of drug-likeness (QED) is 0.822. The number of carbonyl (C=O) groups is 1. The minimum Gasteiger partial charge on any atom is -0.446 e. The van der Waals surface area contributed by atoms with Crippen LogP contribution in [0.1, 0.15) is 17.7 Å². The first-order valence-corrected chi connectivity index (χ1v) is 8.30. The van der Waals surface area contributed by atoms with Crippen molar-refractivity contribution in [3.05, 3.63) is 30.2 Å². The van der Waals surface area contributed by atoms with Crippen molar-refractivity contribution in [1.82, 2.24) is 24.6 Å². The molecule has 0 saturated carbocycles. The molecule has 2 fully saturated rings. The first-order valence-electron chi connectivity index (χ1n) is 8.30. The second kappa shape index (κ2) is 5.94. The van der Waals surface area contributed by atoms with E-state index in [9.17, 15) is 4.79 Å². The van der Waals surface area contributed by atoms with Gasteiger partial charge in [0, 0.05) is 59.3 Å². The standard InChI is InChI=1S/C16H22N6O2/c1-12-17-8-15(24-12)3-4-20-9-14(10-20)22-11-13(7-18-22)21-6-5-19(2)16(21)23/h7-8,11,14H,3-6,9-10H2,1-2H3. The molecule has 0 radical (unpaired) electrons. The SMILES string of the molecule is Cc1ncc(CCN2CC(n3cc(N4CCN(C)C4=O)cn3)C2)o1. The molecule has 0 N–H and O–H groups in total. The summed E-state index contributed by atoms with van der Waals surface area (Å²) >= 11 is 0. The van der Waals surface area contributed by atoms with Crippen LogP contribution < -0.4 is 4.90 Å². The maximum Gasteiger partial charge on any atom is 0.324 e. The van der Waals surface area contributed by atoms with Gasteiger partial charge in [-0.25, -0.2) is 9.78 Å². The largest absolute Gasteiger partial charge is 0.446 e. The van der Waals surface area contributed by atoms with Gasteiger partial charge in [-0.3, -0.25) is 14.5 Å². The lowest BCUT2D eigenvalue weighted by Crippen LogP contribution is -2.48. The minimum atomic E-state index is 0.0483. The number of carbonyl (C=O) groups excluding carboxylic acids is 1. The molecule has 2 aromatic rings. The molecule has 128 valence electrons. The van der Waals surface area contributed by atoms with E-state index in [2.05, 4.69) is 15.0 Å². The predicted molar refractivity (Wildman–Crippen MR) is 88.0 cm³/mol. The van der Waals surface area contributed by atoms with Gasteiger partial charge in [-0.05, 0) is 0 Å². The van der Waals surface area contributed by atoms with Gasteiger partial charge in [-0.1, -0.05) is 0 Å². The van der Waals surface area contributed by atoms with E-state index in [4.69, 9.17) is 4.42 Å². The Hall–Kier alpha value is -2.35. The summed E-state index contributed by atoms with van der Waals surface area (Å²) < 4.78 is 7.48. The van der Waals surface area contributed by atoms with E-state index in [1.807, 2.05) is 24.9 Å². The normalized spacial score (nSPS) is 19.3. The lowest BCUT2D eigenvalue weighted by atomic mass is 10.1. The van der Waals surface area contributed by atoms with Crippen LogP contribution in [0.5, 0.6) is 0 Å². The second-order valence-corrected chi connectivity index (χ2v) is 6.54. The van der Waals surface area contributed by atoms with Gasteiger partial charge in [-0.15, -0.1) is 0 Å². The van der Waals surface area contributed by atoms with E-state index >= 15 is 0 Å². The van der Waals surface area contributed by atoms with Gasteiger partial charge in [0.2, 0.25) is 0 Å². The van der Waals surface area contributed by atoms with Crippen LogP contribution in [0.25, 0.3) is 0 Å². The Balaban J connectivity index is 1.29. The molecule has 2 aliphatic heterocycles. The Labute approximate surface area is 140 Å². The highest BCUT2D eigenvalue weighted by molar-refractivity contribution is 5.93. The molecule has 0 unspecified atom stereocenters. The summed E-state index contributed by atoms with van der Waals surface area (Å²) in [7, 11) is 1.83. The zero-order chi connectivity index (χ0) is 16.7. The molecule has 8 nitrogen and oxygen atoms in total. The lowest BCUT2D eigenvalue weighted by molar-refractivity contribution is 0.0984. The fourth-order valence-corrected chi connectivity index (χ4v) is 3.24. The van der Waals surface area contributed by atoms with E-state index in [1.54, 1.807) is 22.2 Å². The predicted octanol–water partition coefficient (Wildman–Crippen LogP) is 1.15. The van der Waals surface area contributed by atoms with Gasteiger partial charge in [0.1, 0.15) is 5.76 Å². The number of rotatable bonds is 5. The number of urea groups is 1. The number of likely N-dealkylation sites (tertiary alicyclic amines) is 1. The maximum atomic E-state index is 12.0. The number of hydrogen-bond acceptors (Lipinski definition) is 5.